The van der Waals surface area contributed by atoms with E-state index in [-0.39, 0.29) is 17.2 Å². The van der Waals surface area contributed by atoms with Crippen LogP contribution in [0.2, 0.25) is 0 Å². The van der Waals surface area contributed by atoms with Gasteiger partial charge in [-0.25, -0.2) is 9.97 Å². The van der Waals surface area contributed by atoms with E-state index in [4.69, 9.17) is 5.73 Å². The number of carbonyl (C=O) groups is 2. The van der Waals surface area contributed by atoms with Crippen LogP contribution >= 0.6 is 0 Å². The van der Waals surface area contributed by atoms with Gasteiger partial charge in [-0.1, -0.05) is 13.8 Å². The topological polar surface area (TPSA) is 111 Å². The highest BCUT2D eigenvalue weighted by Crippen LogP contribution is 2.25. The van der Waals surface area contributed by atoms with Crippen molar-refractivity contribution in [2.24, 2.45) is 5.73 Å². The summed E-state index contributed by atoms with van der Waals surface area (Å²) < 4.78 is 0. The lowest BCUT2D eigenvalue weighted by molar-refractivity contribution is 0.0974. The van der Waals surface area contributed by atoms with E-state index in [1.54, 1.807) is 19.9 Å². The Morgan fingerprint density at radius 3 is 2.52 bits per heavy atom. The van der Waals surface area contributed by atoms with Crippen LogP contribution in [0.5, 0.6) is 0 Å². The number of carbonyl (C=O) groups excluding carboxylic acids is 2. The molecule has 0 fully saturated rings. The standard InChI is InChI=1S/C16H19N5O2/c1-8(2)12-13(9(3)19-10(4)20-12)21-16(23)14-11(15(17)22)6-5-7-18-14/h5-8H,1-4H3,(H2,17,22)(H,21,23). The summed E-state index contributed by atoms with van der Waals surface area (Å²) in [6.07, 6.45) is 1.43. The van der Waals surface area contributed by atoms with Crippen molar-refractivity contribution in [2.75, 3.05) is 5.32 Å². The number of hydrogen-bond acceptors (Lipinski definition) is 5. The molecule has 2 rings (SSSR count). The summed E-state index contributed by atoms with van der Waals surface area (Å²) in [5, 5.41) is 2.76. The summed E-state index contributed by atoms with van der Waals surface area (Å²) >= 11 is 0. The molecule has 7 heteroatoms. The molecule has 0 atom stereocenters. The molecule has 0 aliphatic heterocycles. The van der Waals surface area contributed by atoms with Gasteiger partial charge < -0.3 is 11.1 Å². The van der Waals surface area contributed by atoms with E-state index in [9.17, 15) is 9.59 Å². The second kappa shape index (κ2) is 6.51. The lowest BCUT2D eigenvalue weighted by atomic mass is 10.1. The molecule has 2 amide bonds. The zero-order valence-electron chi connectivity index (χ0n) is 13.5. The first-order valence-corrected chi connectivity index (χ1v) is 7.22. The second-order valence-corrected chi connectivity index (χ2v) is 5.49. The molecule has 2 heterocycles. The number of aryl methyl sites for hydroxylation is 2. The Balaban J connectivity index is 2.44. The van der Waals surface area contributed by atoms with Crippen molar-refractivity contribution in [3.05, 3.63) is 46.8 Å². The maximum absolute atomic E-state index is 12.5. The Morgan fingerprint density at radius 2 is 1.91 bits per heavy atom. The summed E-state index contributed by atoms with van der Waals surface area (Å²) in [5.74, 6) is -0.481. The van der Waals surface area contributed by atoms with Gasteiger partial charge in [0.15, 0.2) is 0 Å². The number of aromatic nitrogens is 3. The van der Waals surface area contributed by atoms with Gasteiger partial charge in [-0.3, -0.25) is 14.6 Å². The van der Waals surface area contributed by atoms with Crippen molar-refractivity contribution in [3.8, 4) is 0 Å². The molecule has 0 aromatic carbocycles. The number of anilines is 1. The van der Waals surface area contributed by atoms with Gasteiger partial charge >= 0.3 is 0 Å². The van der Waals surface area contributed by atoms with E-state index in [0.29, 0.717) is 17.2 Å². The quantitative estimate of drug-likeness (QED) is 0.896. The average Bonchev–Trinajstić information content (AvgIpc) is 2.49. The first-order chi connectivity index (χ1) is 10.8. The van der Waals surface area contributed by atoms with Crippen molar-refractivity contribution >= 4 is 17.5 Å². The Labute approximate surface area is 134 Å². The number of pyridine rings is 1. The molecule has 3 N–H and O–H groups in total. The smallest absolute Gasteiger partial charge is 0.275 e. The van der Waals surface area contributed by atoms with Crippen molar-refractivity contribution in [3.63, 3.8) is 0 Å². The number of primary amides is 1. The molecule has 0 saturated heterocycles. The second-order valence-electron chi connectivity index (χ2n) is 5.49. The van der Waals surface area contributed by atoms with Crippen LogP contribution in [0.1, 0.15) is 57.8 Å². The van der Waals surface area contributed by atoms with Crippen LogP contribution in [0.3, 0.4) is 0 Å². The van der Waals surface area contributed by atoms with Gasteiger partial charge in [-0.2, -0.15) is 0 Å². The lowest BCUT2D eigenvalue weighted by Crippen LogP contribution is -2.23. The molecule has 2 aromatic rings. The maximum Gasteiger partial charge on any atom is 0.275 e. The molecule has 0 unspecified atom stereocenters. The first-order valence-electron chi connectivity index (χ1n) is 7.22. The Hall–Kier alpha value is -2.83. The zero-order valence-corrected chi connectivity index (χ0v) is 13.5. The van der Waals surface area contributed by atoms with Crippen molar-refractivity contribution < 1.29 is 9.59 Å². The summed E-state index contributed by atoms with van der Waals surface area (Å²) in [5.41, 5.74) is 7.28. The number of nitrogens with one attached hydrogen (secondary N) is 1. The van der Waals surface area contributed by atoms with E-state index in [1.165, 1.54) is 12.3 Å². The number of amides is 2. The molecule has 0 aliphatic carbocycles. The molecule has 7 nitrogen and oxygen atoms in total. The van der Waals surface area contributed by atoms with E-state index in [1.807, 2.05) is 13.8 Å². The fraction of sp³-hybridized carbons (Fsp3) is 0.312. The zero-order chi connectivity index (χ0) is 17.1. The molecule has 2 aromatic heterocycles. The van der Waals surface area contributed by atoms with Gasteiger partial charge in [0.1, 0.15) is 11.5 Å². The van der Waals surface area contributed by atoms with E-state index in [2.05, 4.69) is 20.3 Å². The molecule has 0 spiro atoms. The van der Waals surface area contributed by atoms with Crippen LogP contribution in [-0.4, -0.2) is 26.8 Å². The van der Waals surface area contributed by atoms with Crippen LogP contribution < -0.4 is 11.1 Å². The van der Waals surface area contributed by atoms with Crippen LogP contribution in [0, 0.1) is 13.8 Å². The molecule has 120 valence electrons. The Kier molecular flexibility index (Phi) is 4.68. The van der Waals surface area contributed by atoms with E-state index in [0.717, 1.165) is 5.69 Å². The molecule has 23 heavy (non-hydrogen) atoms. The van der Waals surface area contributed by atoms with Crippen LogP contribution in [0.25, 0.3) is 0 Å². The van der Waals surface area contributed by atoms with Gasteiger partial charge in [-0.15, -0.1) is 0 Å². The van der Waals surface area contributed by atoms with Gasteiger partial charge in [0.2, 0.25) is 0 Å². The third-order valence-corrected chi connectivity index (χ3v) is 3.30. The molecule has 0 radical (unpaired) electrons. The summed E-state index contributed by atoms with van der Waals surface area (Å²) in [4.78, 5) is 36.6. The number of nitrogens with zero attached hydrogens (tertiary/aromatic N) is 3. The van der Waals surface area contributed by atoms with Crippen molar-refractivity contribution in [2.45, 2.75) is 33.6 Å². The van der Waals surface area contributed by atoms with Gasteiger partial charge in [0.05, 0.1) is 22.6 Å². The molecular weight excluding hydrogens is 294 g/mol. The van der Waals surface area contributed by atoms with Gasteiger partial charge in [0, 0.05) is 6.20 Å². The summed E-state index contributed by atoms with van der Waals surface area (Å²) in [7, 11) is 0. The van der Waals surface area contributed by atoms with Crippen molar-refractivity contribution in [1.29, 1.82) is 0 Å². The van der Waals surface area contributed by atoms with E-state index >= 15 is 0 Å². The monoisotopic (exact) mass is 313 g/mol. The Bertz CT molecular complexity index is 771. The predicted octanol–water partition coefficient (Wildman–Crippen LogP) is 1.96. The lowest BCUT2D eigenvalue weighted by Gasteiger charge is -2.16. The summed E-state index contributed by atoms with van der Waals surface area (Å²) in [6.45, 7) is 7.55. The number of hydrogen-bond donors (Lipinski definition) is 2. The minimum atomic E-state index is -0.704. The highest BCUT2D eigenvalue weighted by atomic mass is 16.2. The number of rotatable bonds is 4. The minimum Gasteiger partial charge on any atom is -0.366 e. The van der Waals surface area contributed by atoms with Crippen LogP contribution in [0.4, 0.5) is 5.69 Å². The Morgan fingerprint density at radius 1 is 1.22 bits per heavy atom. The third kappa shape index (κ3) is 3.50. The number of nitrogens with two attached hydrogens (primary N) is 1. The predicted molar refractivity (Wildman–Crippen MR) is 86.3 cm³/mol. The highest BCUT2D eigenvalue weighted by molar-refractivity contribution is 6.10. The van der Waals surface area contributed by atoms with Crippen LogP contribution in [0.15, 0.2) is 18.3 Å². The first kappa shape index (κ1) is 16.5. The highest BCUT2D eigenvalue weighted by Gasteiger charge is 2.20. The van der Waals surface area contributed by atoms with E-state index < -0.39 is 11.8 Å². The average molecular weight is 313 g/mol. The van der Waals surface area contributed by atoms with Crippen molar-refractivity contribution in [1.82, 2.24) is 15.0 Å². The molecule has 0 bridgehead atoms. The third-order valence-electron chi connectivity index (χ3n) is 3.30. The van der Waals surface area contributed by atoms with Gasteiger partial charge in [0.25, 0.3) is 11.8 Å². The largest absolute Gasteiger partial charge is 0.366 e. The molecule has 0 aliphatic rings. The van der Waals surface area contributed by atoms with Gasteiger partial charge in [-0.05, 0) is 31.9 Å². The fourth-order valence-corrected chi connectivity index (χ4v) is 2.27. The normalized spacial score (nSPS) is 10.7. The molecule has 0 saturated carbocycles. The minimum absolute atomic E-state index is 0.0188. The fourth-order valence-electron chi connectivity index (χ4n) is 2.27. The van der Waals surface area contributed by atoms with Crippen LogP contribution in [-0.2, 0) is 0 Å². The molecular formula is C16H19N5O2. The SMILES string of the molecule is Cc1nc(C)c(NC(=O)c2ncccc2C(N)=O)c(C(C)C)n1. The summed E-state index contributed by atoms with van der Waals surface area (Å²) in [6, 6.07) is 3.02. The maximum atomic E-state index is 12.5.